The Hall–Kier alpha value is -2.43. The van der Waals surface area contributed by atoms with Crippen LogP contribution in [0, 0.1) is 0 Å². The van der Waals surface area contributed by atoms with Crippen molar-refractivity contribution in [2.45, 2.75) is 19.6 Å². The lowest BCUT2D eigenvalue weighted by Crippen LogP contribution is -2.29. The Morgan fingerprint density at radius 3 is 2.81 bits per heavy atom. The number of halogens is 1. The largest absolute Gasteiger partial charge is 0.457 e. The van der Waals surface area contributed by atoms with Crippen molar-refractivity contribution in [3.8, 4) is 0 Å². The Labute approximate surface area is 157 Å². The molecule has 0 N–H and O–H groups in total. The van der Waals surface area contributed by atoms with Gasteiger partial charge < -0.3 is 9.64 Å². The smallest absolute Gasteiger partial charge is 0.339 e. The van der Waals surface area contributed by atoms with E-state index in [0.717, 1.165) is 40.7 Å². The van der Waals surface area contributed by atoms with Crippen LogP contribution in [-0.2, 0) is 24.3 Å². The minimum absolute atomic E-state index is 0.153. The van der Waals surface area contributed by atoms with Crippen molar-refractivity contribution < 1.29 is 9.53 Å². The summed E-state index contributed by atoms with van der Waals surface area (Å²) in [5, 5.41) is 1.44. The normalized spacial score (nSPS) is 14.2. The van der Waals surface area contributed by atoms with Crippen LogP contribution >= 0.6 is 11.6 Å². The fraction of sp³-hybridized carbons (Fsp3) is 0.238. The maximum absolute atomic E-state index is 13.0. The molecule has 4 nitrogen and oxygen atoms in total. The summed E-state index contributed by atoms with van der Waals surface area (Å²) in [6.45, 7) is 1.79. The first-order valence-electron chi connectivity index (χ1n) is 8.63. The molecule has 0 spiro atoms. The van der Waals surface area contributed by atoms with E-state index in [-0.39, 0.29) is 12.6 Å². The van der Waals surface area contributed by atoms with Crippen molar-refractivity contribution in [3.63, 3.8) is 0 Å². The van der Waals surface area contributed by atoms with Gasteiger partial charge in [-0.3, -0.25) is 4.98 Å². The molecule has 4 rings (SSSR count). The summed E-state index contributed by atoms with van der Waals surface area (Å²) in [7, 11) is 2.05. The van der Waals surface area contributed by atoms with Crippen LogP contribution in [0.4, 0.5) is 0 Å². The van der Waals surface area contributed by atoms with Crippen LogP contribution in [0.3, 0.4) is 0 Å². The highest BCUT2D eigenvalue weighted by molar-refractivity contribution is 6.31. The van der Waals surface area contributed by atoms with Gasteiger partial charge in [-0.1, -0.05) is 48.0 Å². The van der Waals surface area contributed by atoms with Crippen molar-refractivity contribution in [3.05, 3.63) is 75.9 Å². The number of likely N-dealkylation sites (N-methyl/N-ethyl adjacent to an activating group) is 1. The standard InChI is InChI=1S/C21H19ClN2O2/c1-24-11-10-19-16(12-24)20(15-7-3-5-9-18(15)23-19)21(25)26-13-14-6-2-4-8-17(14)22/h2-9H,10-13H2,1H3. The number of hydrogen-bond donors (Lipinski definition) is 0. The van der Waals surface area contributed by atoms with Crippen molar-refractivity contribution in [2.24, 2.45) is 0 Å². The predicted octanol–water partition coefficient (Wildman–Crippen LogP) is 4.23. The SMILES string of the molecule is CN1CCc2nc3ccccc3c(C(=O)OCc3ccccc3Cl)c2C1. The quantitative estimate of drug-likeness (QED) is 0.650. The van der Waals surface area contributed by atoms with Crippen LogP contribution < -0.4 is 0 Å². The van der Waals surface area contributed by atoms with Crippen molar-refractivity contribution in [1.82, 2.24) is 9.88 Å². The van der Waals surface area contributed by atoms with Crippen LogP contribution in [0.2, 0.25) is 5.02 Å². The molecule has 0 bridgehead atoms. The molecule has 2 heterocycles. The zero-order valence-corrected chi connectivity index (χ0v) is 15.3. The summed E-state index contributed by atoms with van der Waals surface area (Å²) in [6, 6.07) is 15.1. The van der Waals surface area contributed by atoms with E-state index in [4.69, 9.17) is 21.3 Å². The molecule has 0 fully saturated rings. The minimum Gasteiger partial charge on any atom is -0.457 e. The molecule has 132 valence electrons. The fourth-order valence-corrected chi connectivity index (χ4v) is 3.58. The molecule has 0 saturated carbocycles. The van der Waals surface area contributed by atoms with Crippen molar-refractivity contribution in [1.29, 1.82) is 0 Å². The summed E-state index contributed by atoms with van der Waals surface area (Å²) in [5.74, 6) is -0.324. The number of benzene rings is 2. The topological polar surface area (TPSA) is 42.4 Å². The number of nitrogens with zero attached hydrogens (tertiary/aromatic N) is 2. The average molecular weight is 367 g/mol. The maximum Gasteiger partial charge on any atom is 0.339 e. The first kappa shape index (κ1) is 17.0. The van der Waals surface area contributed by atoms with E-state index < -0.39 is 0 Å². The molecular formula is C21H19ClN2O2. The highest BCUT2D eigenvalue weighted by Gasteiger charge is 2.25. The lowest BCUT2D eigenvalue weighted by Gasteiger charge is -2.26. The van der Waals surface area contributed by atoms with Crippen molar-refractivity contribution in [2.75, 3.05) is 13.6 Å². The van der Waals surface area contributed by atoms with E-state index in [1.165, 1.54) is 0 Å². The Bertz CT molecular complexity index is 987. The fourth-order valence-electron chi connectivity index (χ4n) is 3.39. The first-order valence-corrected chi connectivity index (χ1v) is 9.01. The lowest BCUT2D eigenvalue weighted by atomic mass is 9.96. The molecule has 1 aromatic heterocycles. The summed E-state index contributed by atoms with van der Waals surface area (Å²) in [5.41, 5.74) is 4.23. The number of para-hydroxylation sites is 1. The van der Waals surface area contributed by atoms with Gasteiger partial charge >= 0.3 is 5.97 Å². The third kappa shape index (κ3) is 3.18. The van der Waals surface area contributed by atoms with E-state index in [0.29, 0.717) is 17.1 Å². The molecule has 1 aliphatic rings. The second-order valence-corrected chi connectivity index (χ2v) is 6.99. The highest BCUT2D eigenvalue weighted by Crippen LogP contribution is 2.29. The number of aromatic nitrogens is 1. The van der Waals surface area contributed by atoms with E-state index in [1.807, 2.05) is 42.5 Å². The molecule has 0 amide bonds. The molecule has 0 saturated heterocycles. The van der Waals surface area contributed by atoms with Crippen molar-refractivity contribution >= 4 is 28.5 Å². The van der Waals surface area contributed by atoms with Gasteiger partial charge in [0.05, 0.1) is 11.1 Å². The van der Waals surface area contributed by atoms with Gasteiger partial charge in [-0.15, -0.1) is 0 Å². The lowest BCUT2D eigenvalue weighted by molar-refractivity contribution is 0.0472. The molecule has 0 radical (unpaired) electrons. The molecule has 0 aliphatic carbocycles. The molecular weight excluding hydrogens is 348 g/mol. The van der Waals surface area contributed by atoms with E-state index >= 15 is 0 Å². The number of carbonyl (C=O) groups is 1. The highest BCUT2D eigenvalue weighted by atomic mass is 35.5. The maximum atomic E-state index is 13.0. The van der Waals surface area contributed by atoms with Gasteiger partial charge in [0.1, 0.15) is 6.61 Å². The van der Waals surface area contributed by atoms with Crippen LogP contribution in [0.1, 0.15) is 27.2 Å². The van der Waals surface area contributed by atoms with E-state index in [2.05, 4.69) is 11.9 Å². The monoisotopic (exact) mass is 366 g/mol. The van der Waals surface area contributed by atoms with Crippen LogP contribution in [0.5, 0.6) is 0 Å². The van der Waals surface area contributed by atoms with Crippen LogP contribution in [0.15, 0.2) is 48.5 Å². The zero-order chi connectivity index (χ0) is 18.1. The number of hydrogen-bond acceptors (Lipinski definition) is 4. The van der Waals surface area contributed by atoms with Gasteiger partial charge in [0.2, 0.25) is 0 Å². The Balaban J connectivity index is 1.73. The Morgan fingerprint density at radius 2 is 1.96 bits per heavy atom. The third-order valence-electron chi connectivity index (χ3n) is 4.76. The molecule has 0 unspecified atom stereocenters. The minimum atomic E-state index is -0.324. The van der Waals surface area contributed by atoms with Gasteiger partial charge in [0.15, 0.2) is 0 Å². The number of ether oxygens (including phenoxy) is 1. The summed E-state index contributed by atoms with van der Waals surface area (Å²) < 4.78 is 5.63. The summed E-state index contributed by atoms with van der Waals surface area (Å²) in [4.78, 5) is 20.0. The molecule has 5 heteroatoms. The van der Waals surface area contributed by atoms with E-state index in [9.17, 15) is 4.79 Å². The molecule has 26 heavy (non-hydrogen) atoms. The number of carbonyl (C=O) groups excluding carboxylic acids is 1. The number of esters is 1. The van der Waals surface area contributed by atoms with E-state index in [1.54, 1.807) is 6.07 Å². The molecule has 0 atom stereocenters. The second kappa shape index (κ2) is 7.06. The molecule has 1 aliphatic heterocycles. The van der Waals surface area contributed by atoms with Crippen LogP contribution in [0.25, 0.3) is 10.9 Å². The average Bonchev–Trinajstić information content (AvgIpc) is 2.65. The zero-order valence-electron chi connectivity index (χ0n) is 14.5. The first-order chi connectivity index (χ1) is 12.6. The third-order valence-corrected chi connectivity index (χ3v) is 5.13. The van der Waals surface area contributed by atoms with Crippen LogP contribution in [-0.4, -0.2) is 29.4 Å². The number of pyridine rings is 1. The van der Waals surface area contributed by atoms with Gasteiger partial charge in [0.25, 0.3) is 0 Å². The summed E-state index contributed by atoms with van der Waals surface area (Å²) in [6.07, 6.45) is 0.835. The van der Waals surface area contributed by atoms with Gasteiger partial charge in [-0.25, -0.2) is 4.79 Å². The van der Waals surface area contributed by atoms with Gasteiger partial charge in [-0.05, 0) is 19.2 Å². The van der Waals surface area contributed by atoms with Gasteiger partial charge in [0, 0.05) is 46.7 Å². The number of fused-ring (bicyclic) bond motifs is 2. The summed E-state index contributed by atoms with van der Waals surface area (Å²) >= 11 is 6.18. The van der Waals surface area contributed by atoms with Gasteiger partial charge in [-0.2, -0.15) is 0 Å². The molecule has 2 aromatic carbocycles. The molecule has 3 aromatic rings. The predicted molar refractivity (Wildman–Crippen MR) is 102 cm³/mol. The number of rotatable bonds is 3. The Kier molecular flexibility index (Phi) is 4.62. The Morgan fingerprint density at radius 1 is 1.19 bits per heavy atom. The second-order valence-electron chi connectivity index (χ2n) is 6.58.